The molecule has 0 spiro atoms. The smallest absolute Gasteiger partial charge is 0.0482 e. The minimum absolute atomic E-state index is 0.917. The molecule has 0 atom stereocenters. The van der Waals surface area contributed by atoms with E-state index in [2.05, 4.69) is 42.2 Å². The van der Waals surface area contributed by atoms with Crippen molar-refractivity contribution in [2.75, 3.05) is 5.73 Å². The zero-order valence-electron chi connectivity index (χ0n) is 7.13. The lowest BCUT2D eigenvalue weighted by atomic mass is 10.1. The Hall–Kier alpha value is -0.760. The molecule has 0 unspecified atom stereocenters. The number of nitriles is 1. The van der Waals surface area contributed by atoms with E-state index in [0.29, 0.717) is 0 Å². The molecule has 2 nitrogen and oxygen atoms in total. The average molecular weight is 274 g/mol. The first-order chi connectivity index (χ1) is 5.63. The average Bonchev–Trinajstić information content (AvgIpc) is 2.12. The van der Waals surface area contributed by atoms with Crippen molar-refractivity contribution < 1.29 is 0 Å². The van der Waals surface area contributed by atoms with E-state index < -0.39 is 0 Å². The van der Waals surface area contributed by atoms with E-state index in [1.54, 1.807) is 0 Å². The number of anilines is 1. The third kappa shape index (κ3) is 2.38. The number of aryl methyl sites for hydroxylation is 2. The van der Waals surface area contributed by atoms with Crippen molar-refractivity contribution in [2.24, 2.45) is 0 Å². The summed E-state index contributed by atoms with van der Waals surface area (Å²) in [6, 6.07) is 4.14. The van der Waals surface area contributed by atoms with Crippen LogP contribution in [0.2, 0.25) is 0 Å². The van der Waals surface area contributed by atoms with Crippen LogP contribution in [0.4, 0.5) is 5.69 Å². The predicted octanol–water partition coefficient (Wildman–Crippen LogP) is 2.63. The first kappa shape index (κ1) is 11.2. The quantitative estimate of drug-likeness (QED) is 0.584. The fourth-order valence-electron chi connectivity index (χ4n) is 0.798. The molecule has 0 heterocycles. The maximum atomic E-state index is 6.50. The molecular weight excluding hydrogens is 263 g/mol. The van der Waals surface area contributed by atoms with Gasteiger partial charge < -0.3 is 5.73 Å². The molecular formula is C9H11IN2. The summed E-state index contributed by atoms with van der Waals surface area (Å²) >= 11 is 2.27. The van der Waals surface area contributed by atoms with Gasteiger partial charge in [-0.15, -0.1) is 0 Å². The van der Waals surface area contributed by atoms with Crippen LogP contribution in [0.15, 0.2) is 12.1 Å². The molecule has 0 saturated heterocycles. The Balaban J connectivity index is 0.000000561. The van der Waals surface area contributed by atoms with Crippen LogP contribution in [-0.2, 0) is 0 Å². The van der Waals surface area contributed by atoms with Crippen LogP contribution in [0, 0.1) is 29.3 Å². The first-order valence-electron chi connectivity index (χ1n) is 3.40. The lowest BCUT2D eigenvalue weighted by Crippen LogP contribution is -1.94. The van der Waals surface area contributed by atoms with Gasteiger partial charge >= 0.3 is 0 Å². The molecule has 0 radical (unpaired) electrons. The molecule has 0 bridgehead atoms. The Bertz CT molecular complexity index is 265. The Kier molecular flexibility index (Phi) is 4.67. The molecule has 2 N–H and O–H groups in total. The number of nitrogens with zero attached hydrogens (tertiary/aromatic N) is 1. The lowest BCUT2D eigenvalue weighted by Gasteiger charge is -2.04. The second-order valence-electron chi connectivity index (χ2n) is 2.43. The summed E-state index contributed by atoms with van der Waals surface area (Å²) in [5.74, 6) is 0. The summed E-state index contributed by atoms with van der Waals surface area (Å²) in [6.45, 7) is 7.59. The van der Waals surface area contributed by atoms with Gasteiger partial charge in [-0.3, -0.25) is 0 Å². The van der Waals surface area contributed by atoms with Crippen molar-refractivity contribution in [3.8, 4) is 6.57 Å². The van der Waals surface area contributed by atoms with Crippen LogP contribution in [0.1, 0.15) is 11.1 Å². The Morgan fingerprint density at radius 1 is 1.25 bits per heavy atom. The van der Waals surface area contributed by atoms with Gasteiger partial charge in [-0.2, -0.15) is 0 Å². The molecule has 0 aliphatic rings. The fourth-order valence-corrected chi connectivity index (χ4v) is 1.40. The highest BCUT2D eigenvalue weighted by Gasteiger charge is 2.00. The van der Waals surface area contributed by atoms with Crippen molar-refractivity contribution in [3.63, 3.8) is 0 Å². The number of hydrogen-bond donors (Lipinski definition) is 1. The largest absolute Gasteiger partial charge is 0.398 e. The lowest BCUT2D eigenvalue weighted by molar-refractivity contribution is 1.37. The van der Waals surface area contributed by atoms with Crippen LogP contribution >= 0.6 is 22.6 Å². The minimum atomic E-state index is 0.917. The van der Waals surface area contributed by atoms with E-state index in [9.17, 15) is 0 Å². The molecule has 3 heteroatoms. The van der Waals surface area contributed by atoms with E-state index in [0.717, 1.165) is 11.3 Å². The van der Waals surface area contributed by atoms with Crippen molar-refractivity contribution >= 4 is 28.3 Å². The van der Waals surface area contributed by atoms with Crippen LogP contribution in [0.25, 0.3) is 0 Å². The third-order valence-corrected chi connectivity index (χ3v) is 3.02. The van der Waals surface area contributed by atoms with Gasteiger partial charge in [0.25, 0.3) is 0 Å². The number of halogens is 1. The molecule has 64 valence electrons. The van der Waals surface area contributed by atoms with Gasteiger partial charge in [0.05, 0.1) is 0 Å². The summed E-state index contributed by atoms with van der Waals surface area (Å²) in [6.07, 6.45) is 0. The van der Waals surface area contributed by atoms with Crippen LogP contribution < -0.4 is 5.73 Å². The van der Waals surface area contributed by atoms with Gasteiger partial charge in [0.1, 0.15) is 0 Å². The van der Waals surface area contributed by atoms with Gasteiger partial charge in [0.2, 0.25) is 0 Å². The van der Waals surface area contributed by atoms with Crippen LogP contribution in [0.3, 0.4) is 0 Å². The SMILES string of the molecule is C#N.Cc1ccc(C)c(I)c1N. The van der Waals surface area contributed by atoms with E-state index in [-0.39, 0.29) is 0 Å². The van der Waals surface area contributed by atoms with Crippen LogP contribution in [-0.4, -0.2) is 0 Å². The van der Waals surface area contributed by atoms with Crippen molar-refractivity contribution in [2.45, 2.75) is 13.8 Å². The van der Waals surface area contributed by atoms with Gasteiger partial charge in [-0.05, 0) is 47.6 Å². The molecule has 0 amide bonds. The Labute approximate surface area is 86.5 Å². The van der Waals surface area contributed by atoms with Gasteiger partial charge in [-0.25, -0.2) is 5.26 Å². The number of rotatable bonds is 0. The van der Waals surface area contributed by atoms with Gasteiger partial charge in [0.15, 0.2) is 0 Å². The zero-order valence-corrected chi connectivity index (χ0v) is 9.29. The highest BCUT2D eigenvalue weighted by molar-refractivity contribution is 14.1. The Morgan fingerprint density at radius 2 is 1.67 bits per heavy atom. The van der Waals surface area contributed by atoms with E-state index in [1.165, 1.54) is 9.13 Å². The number of hydrogen-bond acceptors (Lipinski definition) is 2. The number of nitrogen functional groups attached to an aromatic ring is 1. The topological polar surface area (TPSA) is 49.8 Å². The van der Waals surface area contributed by atoms with Crippen LogP contribution in [0.5, 0.6) is 0 Å². The van der Waals surface area contributed by atoms with Crippen molar-refractivity contribution in [3.05, 3.63) is 26.8 Å². The number of benzene rings is 1. The molecule has 0 saturated carbocycles. The van der Waals surface area contributed by atoms with Gasteiger partial charge in [0, 0.05) is 15.8 Å². The highest BCUT2D eigenvalue weighted by atomic mass is 127. The monoisotopic (exact) mass is 274 g/mol. The summed E-state index contributed by atoms with van der Waals surface area (Å²) < 4.78 is 1.18. The summed E-state index contributed by atoms with van der Waals surface area (Å²) in [7, 11) is 0. The second kappa shape index (κ2) is 4.99. The molecule has 12 heavy (non-hydrogen) atoms. The standard InChI is InChI=1S/C8H10IN.CHN/c1-5-3-4-6(2)8(10)7(5)9;1-2/h3-4H,10H2,1-2H3;1H. The minimum Gasteiger partial charge on any atom is -0.398 e. The molecule has 1 aromatic carbocycles. The molecule has 1 rings (SSSR count). The number of nitrogens with two attached hydrogens (primary N) is 1. The van der Waals surface area contributed by atoms with E-state index in [1.807, 2.05) is 13.0 Å². The fraction of sp³-hybridized carbons (Fsp3) is 0.222. The predicted molar refractivity (Wildman–Crippen MR) is 59.7 cm³/mol. The zero-order chi connectivity index (χ0) is 9.72. The van der Waals surface area contributed by atoms with E-state index >= 15 is 0 Å². The molecule has 0 aromatic heterocycles. The maximum absolute atomic E-state index is 6.50. The molecule has 0 aliphatic heterocycles. The summed E-state index contributed by atoms with van der Waals surface area (Å²) in [4.78, 5) is 0. The first-order valence-corrected chi connectivity index (χ1v) is 4.48. The highest BCUT2D eigenvalue weighted by Crippen LogP contribution is 2.21. The summed E-state index contributed by atoms with van der Waals surface area (Å²) in [5.41, 5.74) is 9.11. The van der Waals surface area contributed by atoms with Crippen molar-refractivity contribution in [1.82, 2.24) is 0 Å². The molecule has 0 aliphatic carbocycles. The third-order valence-electron chi connectivity index (χ3n) is 1.59. The molecule has 0 fully saturated rings. The normalized spacial score (nSPS) is 8.42. The second-order valence-corrected chi connectivity index (χ2v) is 3.51. The van der Waals surface area contributed by atoms with Gasteiger partial charge in [-0.1, -0.05) is 12.1 Å². The Morgan fingerprint density at radius 3 is 2.08 bits per heavy atom. The van der Waals surface area contributed by atoms with Crippen molar-refractivity contribution in [1.29, 1.82) is 5.26 Å². The van der Waals surface area contributed by atoms with E-state index in [4.69, 9.17) is 11.0 Å². The summed E-state index contributed by atoms with van der Waals surface area (Å²) in [5, 5.41) is 6.50. The molecule has 1 aromatic rings. The maximum Gasteiger partial charge on any atom is 0.0482 e.